The smallest absolute Gasteiger partial charge is 0.199 e. The molecular formula is C15H23FN2. The lowest BCUT2D eigenvalue weighted by Crippen LogP contribution is -2.30. The Kier molecular flexibility index (Phi) is 6.67. The molecule has 1 aliphatic rings. The highest BCUT2D eigenvalue weighted by Crippen LogP contribution is 2.32. The van der Waals surface area contributed by atoms with Gasteiger partial charge in [-0.2, -0.15) is 9.65 Å². The summed E-state index contributed by atoms with van der Waals surface area (Å²) in [6.07, 6.45) is 11.9. The SMILES string of the molecule is CC(N)C1CCC(CC/C=C/C=C(\F)C#N)CC1. The summed E-state index contributed by atoms with van der Waals surface area (Å²) in [6.45, 7) is 2.10. The van der Waals surface area contributed by atoms with Gasteiger partial charge in [-0.05, 0) is 50.5 Å². The maximum absolute atomic E-state index is 12.5. The van der Waals surface area contributed by atoms with Crippen molar-refractivity contribution in [3.63, 3.8) is 0 Å². The molecule has 1 rings (SSSR count). The Morgan fingerprint density at radius 3 is 2.67 bits per heavy atom. The zero-order valence-corrected chi connectivity index (χ0v) is 11.1. The number of nitrogens with two attached hydrogens (primary N) is 1. The van der Waals surface area contributed by atoms with Gasteiger partial charge in [-0.25, -0.2) is 0 Å². The largest absolute Gasteiger partial charge is 0.328 e. The minimum Gasteiger partial charge on any atom is -0.328 e. The minimum absolute atomic E-state index is 0.324. The van der Waals surface area contributed by atoms with Crippen molar-refractivity contribution in [3.05, 3.63) is 24.1 Å². The Balaban J connectivity index is 2.17. The van der Waals surface area contributed by atoms with Crippen LogP contribution in [0.5, 0.6) is 0 Å². The molecule has 0 aromatic rings. The predicted octanol–water partition coefficient (Wildman–Crippen LogP) is 3.85. The third-order valence-electron chi connectivity index (χ3n) is 3.86. The van der Waals surface area contributed by atoms with E-state index in [0.717, 1.165) is 18.8 Å². The molecular weight excluding hydrogens is 227 g/mol. The first-order valence-corrected chi connectivity index (χ1v) is 6.81. The van der Waals surface area contributed by atoms with Gasteiger partial charge in [0.05, 0.1) is 0 Å². The highest BCUT2D eigenvalue weighted by molar-refractivity contribution is 5.18. The molecule has 0 heterocycles. The number of nitriles is 1. The van der Waals surface area contributed by atoms with Gasteiger partial charge in [-0.3, -0.25) is 0 Å². The standard InChI is InChI=1S/C15H23FN2/c1-12(18)14-9-7-13(8-10-14)5-3-2-4-6-15(16)11-17/h2,4,6,12-14H,3,5,7-10,18H2,1H3/b4-2+,15-6-. The summed E-state index contributed by atoms with van der Waals surface area (Å²) < 4.78 is 12.5. The van der Waals surface area contributed by atoms with E-state index in [4.69, 9.17) is 11.0 Å². The molecule has 2 N–H and O–H groups in total. The Bertz CT molecular complexity index is 331. The van der Waals surface area contributed by atoms with Crippen molar-refractivity contribution < 1.29 is 4.39 Å². The van der Waals surface area contributed by atoms with Gasteiger partial charge < -0.3 is 5.73 Å². The van der Waals surface area contributed by atoms with Crippen molar-refractivity contribution >= 4 is 0 Å². The van der Waals surface area contributed by atoms with E-state index in [0.29, 0.717) is 12.0 Å². The zero-order chi connectivity index (χ0) is 13.4. The summed E-state index contributed by atoms with van der Waals surface area (Å²) >= 11 is 0. The van der Waals surface area contributed by atoms with E-state index in [1.165, 1.54) is 37.8 Å². The molecule has 1 atom stereocenters. The Morgan fingerprint density at radius 2 is 2.11 bits per heavy atom. The molecule has 1 fully saturated rings. The molecule has 1 unspecified atom stereocenters. The van der Waals surface area contributed by atoms with Crippen LogP contribution in [0.4, 0.5) is 4.39 Å². The molecule has 0 aromatic carbocycles. The van der Waals surface area contributed by atoms with E-state index in [1.54, 1.807) is 6.08 Å². The lowest BCUT2D eigenvalue weighted by molar-refractivity contribution is 0.241. The normalized spacial score (nSPS) is 27.1. The van der Waals surface area contributed by atoms with Crippen LogP contribution in [0.25, 0.3) is 0 Å². The van der Waals surface area contributed by atoms with Crippen LogP contribution in [-0.4, -0.2) is 6.04 Å². The summed E-state index contributed by atoms with van der Waals surface area (Å²) in [5, 5.41) is 8.23. The van der Waals surface area contributed by atoms with Crippen LogP contribution in [0.1, 0.15) is 45.4 Å². The second-order valence-corrected chi connectivity index (χ2v) is 5.27. The van der Waals surface area contributed by atoms with E-state index in [-0.39, 0.29) is 0 Å². The van der Waals surface area contributed by atoms with Gasteiger partial charge in [0.2, 0.25) is 0 Å². The van der Waals surface area contributed by atoms with E-state index in [9.17, 15) is 4.39 Å². The number of rotatable bonds is 5. The van der Waals surface area contributed by atoms with Crippen molar-refractivity contribution in [3.8, 4) is 6.07 Å². The molecule has 0 aromatic heterocycles. The number of halogens is 1. The molecule has 0 bridgehead atoms. The van der Waals surface area contributed by atoms with E-state index in [1.807, 2.05) is 6.08 Å². The van der Waals surface area contributed by atoms with Crippen LogP contribution in [-0.2, 0) is 0 Å². The van der Waals surface area contributed by atoms with E-state index >= 15 is 0 Å². The molecule has 0 amide bonds. The van der Waals surface area contributed by atoms with Gasteiger partial charge in [-0.15, -0.1) is 0 Å². The van der Waals surface area contributed by atoms with Crippen LogP contribution in [0.15, 0.2) is 24.1 Å². The van der Waals surface area contributed by atoms with E-state index in [2.05, 4.69) is 6.92 Å². The fraction of sp³-hybridized carbons (Fsp3) is 0.667. The van der Waals surface area contributed by atoms with Crippen molar-refractivity contribution in [2.24, 2.45) is 17.6 Å². The average Bonchev–Trinajstić information content (AvgIpc) is 2.38. The van der Waals surface area contributed by atoms with Crippen molar-refractivity contribution in [2.75, 3.05) is 0 Å². The lowest BCUT2D eigenvalue weighted by atomic mass is 9.77. The summed E-state index contributed by atoms with van der Waals surface area (Å²) in [4.78, 5) is 0. The summed E-state index contributed by atoms with van der Waals surface area (Å²) in [5.41, 5.74) is 5.91. The second kappa shape index (κ2) is 8.05. The van der Waals surface area contributed by atoms with Crippen molar-refractivity contribution in [1.29, 1.82) is 5.26 Å². The number of hydrogen-bond acceptors (Lipinski definition) is 2. The van der Waals surface area contributed by atoms with Crippen LogP contribution in [0, 0.1) is 23.2 Å². The topological polar surface area (TPSA) is 49.8 Å². The lowest BCUT2D eigenvalue weighted by Gasteiger charge is -2.30. The van der Waals surface area contributed by atoms with Gasteiger partial charge in [-0.1, -0.05) is 25.0 Å². The van der Waals surface area contributed by atoms with E-state index < -0.39 is 5.83 Å². The van der Waals surface area contributed by atoms with Gasteiger partial charge >= 0.3 is 0 Å². The van der Waals surface area contributed by atoms with Gasteiger partial charge in [0.15, 0.2) is 5.83 Å². The highest BCUT2D eigenvalue weighted by Gasteiger charge is 2.22. The van der Waals surface area contributed by atoms with Gasteiger partial charge in [0.1, 0.15) is 6.07 Å². The van der Waals surface area contributed by atoms with Crippen molar-refractivity contribution in [2.45, 2.75) is 51.5 Å². The predicted molar refractivity (Wildman–Crippen MR) is 72.3 cm³/mol. The highest BCUT2D eigenvalue weighted by atomic mass is 19.1. The van der Waals surface area contributed by atoms with Crippen molar-refractivity contribution in [1.82, 2.24) is 0 Å². The molecule has 18 heavy (non-hydrogen) atoms. The molecule has 0 radical (unpaired) electrons. The summed E-state index contributed by atoms with van der Waals surface area (Å²) in [6, 6.07) is 1.78. The molecule has 0 aliphatic heterocycles. The first-order chi connectivity index (χ1) is 8.63. The monoisotopic (exact) mass is 250 g/mol. The van der Waals surface area contributed by atoms with Gasteiger partial charge in [0.25, 0.3) is 0 Å². The Hall–Kier alpha value is -1.14. The first-order valence-electron chi connectivity index (χ1n) is 6.81. The van der Waals surface area contributed by atoms with Crippen LogP contribution >= 0.6 is 0 Å². The van der Waals surface area contributed by atoms with Crippen LogP contribution in [0.3, 0.4) is 0 Å². The fourth-order valence-electron chi connectivity index (χ4n) is 2.62. The minimum atomic E-state index is -0.733. The maximum Gasteiger partial charge on any atom is 0.199 e. The fourth-order valence-corrected chi connectivity index (χ4v) is 2.62. The average molecular weight is 250 g/mol. The molecule has 2 nitrogen and oxygen atoms in total. The maximum atomic E-state index is 12.5. The number of nitrogens with zero attached hydrogens (tertiary/aromatic N) is 1. The first kappa shape index (κ1) is 14.9. The molecule has 1 saturated carbocycles. The Morgan fingerprint density at radius 1 is 1.44 bits per heavy atom. The molecule has 0 saturated heterocycles. The molecule has 1 aliphatic carbocycles. The quantitative estimate of drug-likeness (QED) is 0.595. The second-order valence-electron chi connectivity index (χ2n) is 5.27. The van der Waals surface area contributed by atoms with Crippen LogP contribution < -0.4 is 5.73 Å². The summed E-state index contributed by atoms with van der Waals surface area (Å²) in [7, 11) is 0. The number of allylic oxidation sites excluding steroid dienone is 4. The number of hydrogen-bond donors (Lipinski definition) is 1. The molecule has 0 spiro atoms. The molecule has 100 valence electrons. The molecule has 3 heteroatoms. The van der Waals surface area contributed by atoms with Gasteiger partial charge in [0, 0.05) is 6.04 Å². The zero-order valence-electron chi connectivity index (χ0n) is 11.1. The summed E-state index contributed by atoms with van der Waals surface area (Å²) in [5.74, 6) is 0.752. The third-order valence-corrected chi connectivity index (χ3v) is 3.86. The van der Waals surface area contributed by atoms with Crippen LogP contribution in [0.2, 0.25) is 0 Å². The third kappa shape index (κ3) is 5.46. The Labute approximate surface area is 109 Å².